The lowest BCUT2D eigenvalue weighted by Crippen LogP contribution is -2.43. The van der Waals surface area contributed by atoms with E-state index in [1.807, 2.05) is 0 Å². The Balaban J connectivity index is 2.20. The number of aliphatic hydroxyl groups excluding tert-OH is 1. The number of hydrogen-bond donors (Lipinski definition) is 2. The van der Waals surface area contributed by atoms with E-state index in [0.29, 0.717) is 0 Å². The third kappa shape index (κ3) is 0.420. The first-order valence-electron chi connectivity index (χ1n) is 2.24. The molecule has 2 atom stereocenters. The van der Waals surface area contributed by atoms with E-state index in [1.54, 1.807) is 0 Å². The van der Waals surface area contributed by atoms with Gasteiger partial charge in [-0.3, -0.25) is 0 Å². The highest BCUT2D eigenvalue weighted by molar-refractivity contribution is 4.82. The second-order valence-corrected chi connectivity index (χ2v) is 1.81. The summed E-state index contributed by atoms with van der Waals surface area (Å²) in [6, 6.07) is 0.0880. The average molecular weight is 87.1 g/mol. The molecule has 0 spiro atoms. The van der Waals surface area contributed by atoms with Gasteiger partial charge in [-0.15, -0.1) is 0 Å². The molecule has 6 heavy (non-hydrogen) atoms. The van der Waals surface area contributed by atoms with Crippen LogP contribution >= 0.6 is 0 Å². The fourth-order valence-corrected chi connectivity index (χ4v) is 0.508. The molecule has 0 aromatic rings. The highest BCUT2D eigenvalue weighted by Gasteiger charge is 2.23. The molecule has 0 saturated heterocycles. The molecular formula is C4H9NO. The predicted molar refractivity (Wildman–Crippen MR) is 23.2 cm³/mol. The smallest absolute Gasteiger partial charge is 0.0691 e. The van der Waals surface area contributed by atoms with Gasteiger partial charge in [0.05, 0.1) is 6.10 Å². The molecule has 1 aliphatic carbocycles. The third-order valence-electron chi connectivity index (χ3n) is 1.29. The summed E-state index contributed by atoms with van der Waals surface area (Å²) in [5.41, 5.74) is 5.27. The van der Waals surface area contributed by atoms with Crippen LogP contribution in [-0.2, 0) is 0 Å². The first kappa shape index (κ1) is 4.09. The Morgan fingerprint density at radius 3 is 2.00 bits per heavy atom. The van der Waals surface area contributed by atoms with Crippen LogP contribution in [0, 0.1) is 0 Å². The van der Waals surface area contributed by atoms with Gasteiger partial charge in [-0.05, 0) is 12.8 Å². The molecule has 0 unspecified atom stereocenters. The molecule has 36 valence electrons. The van der Waals surface area contributed by atoms with Gasteiger partial charge in [0, 0.05) is 6.04 Å². The molecule has 2 nitrogen and oxygen atoms in total. The summed E-state index contributed by atoms with van der Waals surface area (Å²) < 4.78 is 0. The van der Waals surface area contributed by atoms with E-state index in [9.17, 15) is 0 Å². The van der Waals surface area contributed by atoms with Gasteiger partial charge in [0.1, 0.15) is 0 Å². The van der Waals surface area contributed by atoms with Crippen LogP contribution in [0.4, 0.5) is 0 Å². The quantitative estimate of drug-likeness (QED) is 0.417. The van der Waals surface area contributed by atoms with E-state index in [2.05, 4.69) is 0 Å². The zero-order chi connectivity index (χ0) is 4.57. The van der Waals surface area contributed by atoms with Crippen molar-refractivity contribution in [2.75, 3.05) is 0 Å². The number of rotatable bonds is 0. The fourth-order valence-electron chi connectivity index (χ4n) is 0.508. The van der Waals surface area contributed by atoms with Crippen molar-refractivity contribution in [3.8, 4) is 0 Å². The second-order valence-electron chi connectivity index (χ2n) is 1.81. The summed E-state index contributed by atoms with van der Waals surface area (Å²) in [6.45, 7) is 0. The zero-order valence-corrected chi connectivity index (χ0v) is 3.59. The highest BCUT2D eigenvalue weighted by Crippen LogP contribution is 2.15. The van der Waals surface area contributed by atoms with E-state index >= 15 is 0 Å². The van der Waals surface area contributed by atoms with Crippen molar-refractivity contribution in [3.05, 3.63) is 0 Å². The molecule has 0 aromatic carbocycles. The summed E-state index contributed by atoms with van der Waals surface area (Å²) >= 11 is 0. The van der Waals surface area contributed by atoms with E-state index in [4.69, 9.17) is 10.8 Å². The van der Waals surface area contributed by atoms with Crippen LogP contribution in [0.15, 0.2) is 0 Å². The highest BCUT2D eigenvalue weighted by atomic mass is 16.3. The van der Waals surface area contributed by atoms with Crippen LogP contribution in [0.2, 0.25) is 0 Å². The van der Waals surface area contributed by atoms with Crippen molar-refractivity contribution in [1.29, 1.82) is 0 Å². The molecule has 0 heterocycles. The van der Waals surface area contributed by atoms with Gasteiger partial charge < -0.3 is 10.8 Å². The van der Waals surface area contributed by atoms with Crippen molar-refractivity contribution < 1.29 is 5.11 Å². The van der Waals surface area contributed by atoms with Gasteiger partial charge in [-0.2, -0.15) is 0 Å². The molecular weight excluding hydrogens is 78.0 g/mol. The van der Waals surface area contributed by atoms with Gasteiger partial charge in [-0.25, -0.2) is 0 Å². The van der Waals surface area contributed by atoms with Crippen LogP contribution < -0.4 is 5.73 Å². The Kier molecular flexibility index (Phi) is 0.821. The van der Waals surface area contributed by atoms with Gasteiger partial charge in [0.2, 0.25) is 0 Å². The van der Waals surface area contributed by atoms with E-state index in [-0.39, 0.29) is 12.1 Å². The molecule has 3 N–H and O–H groups in total. The van der Waals surface area contributed by atoms with Gasteiger partial charge in [0.15, 0.2) is 0 Å². The molecule has 0 aromatic heterocycles. The standard InChI is InChI=1S/C4H9NO/c5-3-1-2-4(3)6/h3-4,6H,1-2,5H2/t3-,4+/m1/s1. The maximum Gasteiger partial charge on any atom is 0.0691 e. The maximum absolute atomic E-state index is 8.59. The van der Waals surface area contributed by atoms with Crippen LogP contribution in [0.3, 0.4) is 0 Å². The molecule has 0 aliphatic heterocycles. The van der Waals surface area contributed by atoms with Gasteiger partial charge in [-0.1, -0.05) is 0 Å². The SMILES string of the molecule is N[C@@H]1CC[C@@H]1O. The fraction of sp³-hybridized carbons (Fsp3) is 1.00. The molecule has 0 radical (unpaired) electrons. The molecule has 1 rings (SSSR count). The Morgan fingerprint density at radius 2 is 2.00 bits per heavy atom. The predicted octanol–water partition coefficient (Wildman–Crippen LogP) is -0.532. The first-order chi connectivity index (χ1) is 2.80. The number of nitrogens with two attached hydrogens (primary N) is 1. The minimum absolute atomic E-state index is 0.0880. The topological polar surface area (TPSA) is 46.2 Å². The number of aliphatic hydroxyl groups is 1. The van der Waals surface area contributed by atoms with Gasteiger partial charge >= 0.3 is 0 Å². The summed E-state index contributed by atoms with van der Waals surface area (Å²) in [7, 11) is 0. The minimum atomic E-state index is -0.190. The monoisotopic (exact) mass is 87.1 g/mol. The van der Waals surface area contributed by atoms with Crippen molar-refractivity contribution in [2.45, 2.75) is 25.0 Å². The summed E-state index contributed by atoms with van der Waals surface area (Å²) in [5, 5.41) is 8.59. The lowest BCUT2D eigenvalue weighted by Gasteiger charge is -2.27. The summed E-state index contributed by atoms with van der Waals surface area (Å²) in [6.07, 6.45) is 1.72. The maximum atomic E-state index is 8.59. The Labute approximate surface area is 37.0 Å². The number of hydrogen-bond acceptors (Lipinski definition) is 2. The van der Waals surface area contributed by atoms with Crippen LogP contribution in [0.1, 0.15) is 12.8 Å². The summed E-state index contributed by atoms with van der Waals surface area (Å²) in [5.74, 6) is 0. The molecule has 1 aliphatic rings. The van der Waals surface area contributed by atoms with Gasteiger partial charge in [0.25, 0.3) is 0 Å². The van der Waals surface area contributed by atoms with Crippen molar-refractivity contribution in [1.82, 2.24) is 0 Å². The van der Waals surface area contributed by atoms with Crippen molar-refractivity contribution >= 4 is 0 Å². The van der Waals surface area contributed by atoms with Crippen molar-refractivity contribution in [3.63, 3.8) is 0 Å². The van der Waals surface area contributed by atoms with E-state index in [0.717, 1.165) is 12.8 Å². The largest absolute Gasteiger partial charge is 0.392 e. The van der Waals surface area contributed by atoms with Crippen LogP contribution in [0.25, 0.3) is 0 Å². The first-order valence-corrected chi connectivity index (χ1v) is 2.24. The van der Waals surface area contributed by atoms with Crippen LogP contribution in [0.5, 0.6) is 0 Å². The Hall–Kier alpha value is -0.0800. The molecule has 2 heteroatoms. The molecule has 0 bridgehead atoms. The van der Waals surface area contributed by atoms with E-state index < -0.39 is 0 Å². The average Bonchev–Trinajstić information content (AvgIpc) is 1.61. The summed E-state index contributed by atoms with van der Waals surface area (Å²) in [4.78, 5) is 0. The zero-order valence-electron chi connectivity index (χ0n) is 3.59. The minimum Gasteiger partial charge on any atom is -0.392 e. The Bertz CT molecular complexity index is 47.5. The Morgan fingerprint density at radius 1 is 1.50 bits per heavy atom. The van der Waals surface area contributed by atoms with Crippen LogP contribution in [-0.4, -0.2) is 17.3 Å². The lowest BCUT2D eigenvalue weighted by atomic mass is 9.90. The molecule has 1 fully saturated rings. The third-order valence-corrected chi connectivity index (χ3v) is 1.29. The normalized spacial score (nSPS) is 45.0. The van der Waals surface area contributed by atoms with Crippen molar-refractivity contribution in [2.24, 2.45) is 5.73 Å². The second kappa shape index (κ2) is 1.21. The lowest BCUT2D eigenvalue weighted by molar-refractivity contribution is 0.0693. The molecule has 0 amide bonds. The molecule has 1 saturated carbocycles. The van der Waals surface area contributed by atoms with E-state index in [1.165, 1.54) is 0 Å².